The van der Waals surface area contributed by atoms with Crippen molar-refractivity contribution in [3.05, 3.63) is 70.2 Å². The first-order valence-corrected chi connectivity index (χ1v) is 11.0. The number of carbonyl (C=O) groups excluding carboxylic acids is 1. The van der Waals surface area contributed by atoms with Gasteiger partial charge in [-0.1, -0.05) is 36.4 Å². The maximum Gasteiger partial charge on any atom is 0.338 e. The average Bonchev–Trinajstić information content (AvgIpc) is 2.72. The fraction of sp³-hybridized carbons (Fsp3) is 0.250. The van der Waals surface area contributed by atoms with E-state index >= 15 is 0 Å². The van der Waals surface area contributed by atoms with E-state index in [1.165, 1.54) is 16.4 Å². The van der Waals surface area contributed by atoms with Crippen LogP contribution in [0.15, 0.2) is 64.0 Å². The van der Waals surface area contributed by atoms with E-state index in [0.29, 0.717) is 17.7 Å². The van der Waals surface area contributed by atoms with Crippen LogP contribution in [0.1, 0.15) is 15.9 Å². The Hall–Kier alpha value is -2.00. The van der Waals surface area contributed by atoms with Crippen molar-refractivity contribution in [3.8, 4) is 0 Å². The van der Waals surface area contributed by atoms with Crippen LogP contribution in [0.3, 0.4) is 0 Å². The minimum absolute atomic E-state index is 0.0451. The molecule has 0 spiro atoms. The third kappa shape index (κ3) is 5.08. The van der Waals surface area contributed by atoms with Crippen LogP contribution in [0, 0.1) is 0 Å². The number of halogens is 1. The summed E-state index contributed by atoms with van der Waals surface area (Å²) in [6.45, 7) is 1.37. The molecule has 8 heteroatoms. The molecule has 1 fully saturated rings. The summed E-state index contributed by atoms with van der Waals surface area (Å²) in [4.78, 5) is 12.4. The first-order chi connectivity index (χ1) is 13.5. The summed E-state index contributed by atoms with van der Waals surface area (Å²) in [6, 6.07) is 14.1. The predicted octanol–water partition coefficient (Wildman–Crippen LogP) is 3.34. The van der Waals surface area contributed by atoms with Gasteiger partial charge in [-0.15, -0.1) is 0 Å². The van der Waals surface area contributed by atoms with Crippen LogP contribution in [0.4, 0.5) is 0 Å². The van der Waals surface area contributed by atoms with Crippen molar-refractivity contribution in [1.82, 2.24) is 4.31 Å². The van der Waals surface area contributed by atoms with Crippen molar-refractivity contribution in [2.24, 2.45) is 0 Å². The highest BCUT2D eigenvalue weighted by molar-refractivity contribution is 9.10. The van der Waals surface area contributed by atoms with Crippen LogP contribution in [0.25, 0.3) is 6.08 Å². The minimum atomic E-state index is -3.73. The molecule has 3 rings (SSSR count). The number of esters is 1. The van der Waals surface area contributed by atoms with E-state index in [1.807, 2.05) is 36.4 Å². The Morgan fingerprint density at radius 1 is 1.14 bits per heavy atom. The number of rotatable bonds is 6. The Morgan fingerprint density at radius 3 is 2.57 bits per heavy atom. The van der Waals surface area contributed by atoms with E-state index in [1.54, 1.807) is 12.1 Å². The highest BCUT2D eigenvalue weighted by Crippen LogP contribution is 2.27. The van der Waals surface area contributed by atoms with E-state index in [4.69, 9.17) is 9.47 Å². The van der Waals surface area contributed by atoms with Gasteiger partial charge in [-0.25, -0.2) is 13.2 Å². The van der Waals surface area contributed by atoms with Crippen LogP contribution in [-0.2, 0) is 19.5 Å². The molecule has 0 atom stereocenters. The molecular formula is C20H20BrNO5S. The highest BCUT2D eigenvalue weighted by atomic mass is 79.9. The Labute approximate surface area is 172 Å². The van der Waals surface area contributed by atoms with Crippen molar-refractivity contribution in [2.75, 3.05) is 32.9 Å². The average molecular weight is 466 g/mol. The predicted molar refractivity (Wildman–Crippen MR) is 109 cm³/mol. The summed E-state index contributed by atoms with van der Waals surface area (Å²) in [5.74, 6) is -0.580. The van der Waals surface area contributed by atoms with Crippen molar-refractivity contribution in [1.29, 1.82) is 0 Å². The molecule has 0 bridgehead atoms. The number of hydrogen-bond acceptors (Lipinski definition) is 5. The van der Waals surface area contributed by atoms with Gasteiger partial charge in [0, 0.05) is 17.6 Å². The van der Waals surface area contributed by atoms with Crippen LogP contribution >= 0.6 is 15.9 Å². The van der Waals surface area contributed by atoms with Crippen LogP contribution in [0.5, 0.6) is 0 Å². The molecule has 28 heavy (non-hydrogen) atoms. The third-order valence-corrected chi connectivity index (χ3v) is 7.07. The van der Waals surface area contributed by atoms with Crippen molar-refractivity contribution in [3.63, 3.8) is 0 Å². The second kappa shape index (κ2) is 9.47. The lowest BCUT2D eigenvalue weighted by molar-refractivity contribution is 0.0549. The fourth-order valence-electron chi connectivity index (χ4n) is 2.71. The van der Waals surface area contributed by atoms with Crippen molar-refractivity contribution < 1.29 is 22.7 Å². The van der Waals surface area contributed by atoms with E-state index in [9.17, 15) is 13.2 Å². The van der Waals surface area contributed by atoms with Gasteiger partial charge in [0.05, 0.1) is 23.7 Å². The summed E-state index contributed by atoms with van der Waals surface area (Å²) in [5, 5.41) is 0. The van der Waals surface area contributed by atoms with Gasteiger partial charge in [-0.2, -0.15) is 4.31 Å². The topological polar surface area (TPSA) is 72.9 Å². The second-order valence-corrected chi connectivity index (χ2v) is 8.83. The second-order valence-electron chi connectivity index (χ2n) is 6.07. The van der Waals surface area contributed by atoms with E-state index in [-0.39, 0.29) is 30.2 Å². The zero-order chi connectivity index (χ0) is 20.0. The van der Waals surface area contributed by atoms with Gasteiger partial charge in [0.2, 0.25) is 10.0 Å². The van der Waals surface area contributed by atoms with Crippen LogP contribution in [0.2, 0.25) is 0 Å². The lowest BCUT2D eigenvalue weighted by Crippen LogP contribution is -2.40. The molecule has 0 aliphatic carbocycles. The van der Waals surface area contributed by atoms with E-state index in [0.717, 1.165) is 5.56 Å². The van der Waals surface area contributed by atoms with Gasteiger partial charge in [-0.3, -0.25) is 0 Å². The highest BCUT2D eigenvalue weighted by Gasteiger charge is 2.29. The first-order valence-electron chi connectivity index (χ1n) is 8.74. The van der Waals surface area contributed by atoms with Crippen molar-refractivity contribution >= 4 is 38.0 Å². The first kappa shape index (κ1) is 20.7. The molecule has 0 N–H and O–H groups in total. The zero-order valence-corrected chi connectivity index (χ0v) is 17.5. The lowest BCUT2D eigenvalue weighted by Gasteiger charge is -2.26. The third-order valence-electron chi connectivity index (χ3n) is 4.18. The fourth-order valence-corrected chi connectivity index (χ4v) is 5.07. The van der Waals surface area contributed by atoms with Gasteiger partial charge in [-0.05, 0) is 45.8 Å². The number of morpholine rings is 1. The molecule has 1 aliphatic rings. The molecule has 2 aromatic rings. The maximum atomic E-state index is 12.9. The maximum absolute atomic E-state index is 12.9. The van der Waals surface area contributed by atoms with Crippen LogP contribution in [-0.4, -0.2) is 51.6 Å². The quantitative estimate of drug-likeness (QED) is 0.611. The van der Waals surface area contributed by atoms with Gasteiger partial charge >= 0.3 is 5.97 Å². The van der Waals surface area contributed by atoms with Gasteiger partial charge < -0.3 is 9.47 Å². The van der Waals surface area contributed by atoms with Gasteiger partial charge in [0.25, 0.3) is 0 Å². The normalized spacial score (nSPS) is 15.6. The molecule has 0 aromatic heterocycles. The molecule has 1 aliphatic heterocycles. The summed E-state index contributed by atoms with van der Waals surface area (Å²) >= 11 is 3.27. The molecule has 1 saturated heterocycles. The number of carbonyl (C=O) groups is 1. The zero-order valence-electron chi connectivity index (χ0n) is 15.1. The van der Waals surface area contributed by atoms with Gasteiger partial charge in [0.1, 0.15) is 6.61 Å². The summed E-state index contributed by atoms with van der Waals surface area (Å²) in [5.41, 5.74) is 1.18. The lowest BCUT2D eigenvalue weighted by atomic mass is 10.2. The Bertz CT molecular complexity index is 954. The van der Waals surface area contributed by atoms with Crippen molar-refractivity contribution in [2.45, 2.75) is 4.90 Å². The van der Waals surface area contributed by atoms with E-state index < -0.39 is 16.0 Å². The summed E-state index contributed by atoms with van der Waals surface area (Å²) < 4.78 is 38.0. The minimum Gasteiger partial charge on any atom is -0.458 e. The molecule has 1 heterocycles. The molecular weight excluding hydrogens is 446 g/mol. The molecule has 0 radical (unpaired) electrons. The molecule has 6 nitrogen and oxygen atoms in total. The molecule has 0 saturated carbocycles. The number of sulfonamides is 1. The largest absolute Gasteiger partial charge is 0.458 e. The SMILES string of the molecule is O=C(OC/C=C/c1ccccc1)c1ccc(Br)c(S(=O)(=O)N2CCOCC2)c1. The molecule has 2 aromatic carbocycles. The standard InChI is InChI=1S/C20H20BrNO5S/c21-18-9-8-17(15-19(18)28(24,25)22-10-13-26-14-11-22)20(23)27-12-4-7-16-5-2-1-3-6-16/h1-9,15H,10-14H2/b7-4+. The van der Waals surface area contributed by atoms with Crippen LogP contribution < -0.4 is 0 Å². The molecule has 148 valence electrons. The molecule has 0 unspecified atom stereocenters. The number of benzene rings is 2. The number of nitrogens with zero attached hydrogens (tertiary/aromatic N) is 1. The Balaban J connectivity index is 1.70. The number of ether oxygens (including phenoxy) is 2. The summed E-state index contributed by atoms with van der Waals surface area (Å²) in [7, 11) is -3.73. The number of hydrogen-bond donors (Lipinski definition) is 0. The smallest absolute Gasteiger partial charge is 0.338 e. The summed E-state index contributed by atoms with van der Waals surface area (Å²) in [6.07, 6.45) is 3.58. The molecule has 0 amide bonds. The monoisotopic (exact) mass is 465 g/mol. The Morgan fingerprint density at radius 2 is 1.86 bits per heavy atom. The van der Waals surface area contributed by atoms with Gasteiger partial charge in [0.15, 0.2) is 0 Å². The van der Waals surface area contributed by atoms with E-state index in [2.05, 4.69) is 15.9 Å². The Kier molecular flexibility index (Phi) is 7.01.